The molecule has 92 valence electrons. The first-order valence-corrected chi connectivity index (χ1v) is 5.88. The maximum absolute atomic E-state index is 5.45. The molecule has 0 aliphatic rings. The molecule has 0 aliphatic carbocycles. The molecule has 0 fully saturated rings. The van der Waals surface area contributed by atoms with E-state index in [9.17, 15) is 0 Å². The molecule has 18 heavy (non-hydrogen) atoms. The Hall–Kier alpha value is -2.14. The van der Waals surface area contributed by atoms with Crippen molar-refractivity contribution < 1.29 is 8.94 Å². The van der Waals surface area contributed by atoms with Crippen LogP contribution in [-0.4, -0.2) is 16.7 Å². The first-order valence-electron chi connectivity index (χ1n) is 5.88. The third kappa shape index (κ3) is 1.89. The van der Waals surface area contributed by atoms with Gasteiger partial charge in [0.05, 0.1) is 5.56 Å². The molecule has 0 bridgehead atoms. The minimum absolute atomic E-state index is 0.493. The van der Waals surface area contributed by atoms with Gasteiger partial charge < -0.3 is 14.7 Å². The van der Waals surface area contributed by atoms with Crippen molar-refractivity contribution in [2.45, 2.75) is 12.8 Å². The summed E-state index contributed by atoms with van der Waals surface area (Å²) in [5, 5.41) is 4.91. The topological polar surface area (TPSA) is 78.1 Å². The van der Waals surface area contributed by atoms with Crippen LogP contribution in [0.5, 0.6) is 0 Å². The van der Waals surface area contributed by atoms with Crippen molar-refractivity contribution in [1.82, 2.24) is 10.1 Å². The quantitative estimate of drug-likeness (QED) is 0.761. The van der Waals surface area contributed by atoms with Crippen LogP contribution in [0.4, 0.5) is 0 Å². The molecule has 0 saturated heterocycles. The van der Waals surface area contributed by atoms with E-state index in [0.29, 0.717) is 18.3 Å². The third-order valence-corrected chi connectivity index (χ3v) is 2.78. The molecule has 5 heteroatoms. The lowest BCUT2D eigenvalue weighted by Gasteiger charge is -1.89. The summed E-state index contributed by atoms with van der Waals surface area (Å²) in [6, 6.07) is 7.76. The highest BCUT2D eigenvalue weighted by Gasteiger charge is 2.14. The van der Waals surface area contributed by atoms with Crippen molar-refractivity contribution in [3.63, 3.8) is 0 Å². The van der Waals surface area contributed by atoms with Crippen molar-refractivity contribution in [3.05, 3.63) is 36.4 Å². The van der Waals surface area contributed by atoms with Crippen LogP contribution >= 0.6 is 0 Å². The maximum atomic E-state index is 5.45. The van der Waals surface area contributed by atoms with Gasteiger partial charge in [0.2, 0.25) is 0 Å². The summed E-state index contributed by atoms with van der Waals surface area (Å²) in [5.74, 6) is 1.17. The van der Waals surface area contributed by atoms with E-state index in [0.717, 1.165) is 29.4 Å². The van der Waals surface area contributed by atoms with Gasteiger partial charge >= 0.3 is 0 Å². The van der Waals surface area contributed by atoms with E-state index in [4.69, 9.17) is 14.7 Å². The molecule has 0 spiro atoms. The van der Waals surface area contributed by atoms with E-state index >= 15 is 0 Å². The monoisotopic (exact) mass is 243 g/mol. The number of benzene rings is 1. The Kier molecular flexibility index (Phi) is 2.82. The molecule has 0 unspecified atom stereocenters. The molecule has 1 aromatic carbocycles. The molecule has 5 nitrogen and oxygen atoms in total. The summed E-state index contributed by atoms with van der Waals surface area (Å²) in [5.41, 5.74) is 7.10. The van der Waals surface area contributed by atoms with Gasteiger partial charge in [-0.15, -0.1) is 0 Å². The second-order valence-electron chi connectivity index (χ2n) is 4.05. The number of furan rings is 1. The van der Waals surface area contributed by atoms with E-state index in [1.807, 2.05) is 24.3 Å². The standard InChI is InChI=1S/C13H13N3O2/c14-7-3-6-12-15-13(18-16-12)10-8-17-11-5-2-1-4-9(10)11/h1-2,4-5,8H,3,6-7,14H2. The average Bonchev–Trinajstić information content (AvgIpc) is 3.02. The molecule has 2 heterocycles. The number of hydrogen-bond acceptors (Lipinski definition) is 5. The maximum Gasteiger partial charge on any atom is 0.261 e. The van der Waals surface area contributed by atoms with Gasteiger partial charge in [-0.1, -0.05) is 23.4 Å². The number of fused-ring (bicyclic) bond motifs is 1. The molecule has 3 rings (SSSR count). The van der Waals surface area contributed by atoms with Crippen molar-refractivity contribution in [1.29, 1.82) is 0 Å². The summed E-state index contributed by atoms with van der Waals surface area (Å²) in [4.78, 5) is 4.35. The summed E-state index contributed by atoms with van der Waals surface area (Å²) in [7, 11) is 0. The molecular weight excluding hydrogens is 230 g/mol. The molecule has 0 amide bonds. The van der Waals surface area contributed by atoms with Gasteiger partial charge in [0.1, 0.15) is 11.8 Å². The molecule has 0 atom stereocenters. The predicted octanol–water partition coefficient (Wildman–Crippen LogP) is 2.37. The summed E-state index contributed by atoms with van der Waals surface area (Å²) < 4.78 is 10.7. The second kappa shape index (κ2) is 4.62. The van der Waals surface area contributed by atoms with Crippen molar-refractivity contribution in [2.75, 3.05) is 6.54 Å². The highest BCUT2D eigenvalue weighted by Crippen LogP contribution is 2.29. The second-order valence-corrected chi connectivity index (χ2v) is 4.05. The van der Waals surface area contributed by atoms with Crippen molar-refractivity contribution >= 4 is 11.0 Å². The Morgan fingerprint density at radius 1 is 1.22 bits per heavy atom. The summed E-state index contributed by atoms with van der Waals surface area (Å²) in [6.45, 7) is 0.624. The zero-order chi connectivity index (χ0) is 12.4. The minimum atomic E-state index is 0.493. The Bertz CT molecular complexity index is 657. The zero-order valence-electron chi connectivity index (χ0n) is 9.80. The third-order valence-electron chi connectivity index (χ3n) is 2.78. The Labute approximate surface area is 104 Å². The molecule has 2 aromatic heterocycles. The molecule has 0 radical (unpaired) electrons. The zero-order valence-corrected chi connectivity index (χ0v) is 9.80. The van der Waals surface area contributed by atoms with E-state index < -0.39 is 0 Å². The highest BCUT2D eigenvalue weighted by molar-refractivity contribution is 5.91. The number of nitrogens with zero attached hydrogens (tertiary/aromatic N) is 2. The van der Waals surface area contributed by atoms with Crippen LogP contribution in [0, 0.1) is 0 Å². The van der Waals surface area contributed by atoms with Crippen molar-refractivity contribution in [2.24, 2.45) is 5.73 Å². The largest absolute Gasteiger partial charge is 0.463 e. The summed E-state index contributed by atoms with van der Waals surface area (Å²) >= 11 is 0. The number of hydrogen-bond donors (Lipinski definition) is 1. The smallest absolute Gasteiger partial charge is 0.261 e. The van der Waals surface area contributed by atoms with Crippen LogP contribution in [0.15, 0.2) is 39.5 Å². The normalized spacial score (nSPS) is 11.2. The fourth-order valence-electron chi connectivity index (χ4n) is 1.87. The van der Waals surface area contributed by atoms with E-state index in [2.05, 4.69) is 10.1 Å². The lowest BCUT2D eigenvalue weighted by molar-refractivity contribution is 0.421. The number of rotatable bonds is 4. The van der Waals surface area contributed by atoms with Crippen LogP contribution in [0.25, 0.3) is 22.4 Å². The van der Waals surface area contributed by atoms with Crippen LogP contribution in [0.2, 0.25) is 0 Å². The molecule has 0 aliphatic heterocycles. The van der Waals surface area contributed by atoms with Gasteiger partial charge in [-0.2, -0.15) is 4.98 Å². The molecule has 2 N–H and O–H groups in total. The number of aromatic nitrogens is 2. The fraction of sp³-hybridized carbons (Fsp3) is 0.231. The van der Waals surface area contributed by atoms with Gasteiger partial charge in [0.25, 0.3) is 5.89 Å². The predicted molar refractivity (Wildman–Crippen MR) is 66.9 cm³/mol. The molecule has 0 saturated carbocycles. The van der Waals surface area contributed by atoms with E-state index in [-0.39, 0.29) is 0 Å². The molecular formula is C13H13N3O2. The fourth-order valence-corrected chi connectivity index (χ4v) is 1.87. The first kappa shape index (κ1) is 11.0. The molecule has 3 aromatic rings. The Balaban J connectivity index is 1.96. The highest BCUT2D eigenvalue weighted by atomic mass is 16.5. The Morgan fingerprint density at radius 3 is 3.00 bits per heavy atom. The minimum Gasteiger partial charge on any atom is -0.463 e. The Morgan fingerprint density at radius 2 is 2.11 bits per heavy atom. The van der Waals surface area contributed by atoms with Gasteiger partial charge in [0.15, 0.2) is 5.82 Å². The van der Waals surface area contributed by atoms with Crippen LogP contribution in [0.1, 0.15) is 12.2 Å². The van der Waals surface area contributed by atoms with Gasteiger partial charge in [-0.25, -0.2) is 0 Å². The number of nitrogens with two attached hydrogens (primary N) is 1. The van der Waals surface area contributed by atoms with Gasteiger partial charge in [-0.3, -0.25) is 0 Å². The lowest BCUT2D eigenvalue weighted by Crippen LogP contribution is -2.01. The average molecular weight is 243 g/mol. The number of aryl methyl sites for hydroxylation is 1. The van der Waals surface area contributed by atoms with Gasteiger partial charge in [0, 0.05) is 11.8 Å². The van der Waals surface area contributed by atoms with E-state index in [1.54, 1.807) is 6.26 Å². The summed E-state index contributed by atoms with van der Waals surface area (Å²) in [6.07, 6.45) is 3.23. The van der Waals surface area contributed by atoms with Crippen LogP contribution in [0.3, 0.4) is 0 Å². The van der Waals surface area contributed by atoms with Crippen LogP contribution in [-0.2, 0) is 6.42 Å². The van der Waals surface area contributed by atoms with Gasteiger partial charge in [-0.05, 0) is 19.0 Å². The SMILES string of the molecule is NCCCc1noc(-c2coc3ccccc23)n1. The van der Waals surface area contributed by atoms with Crippen LogP contribution < -0.4 is 5.73 Å². The van der Waals surface area contributed by atoms with Crippen molar-refractivity contribution in [3.8, 4) is 11.5 Å². The first-order chi connectivity index (χ1) is 8.88. The van der Waals surface area contributed by atoms with E-state index in [1.165, 1.54) is 0 Å². The lowest BCUT2D eigenvalue weighted by atomic mass is 10.2. The number of para-hydroxylation sites is 1.